The summed E-state index contributed by atoms with van der Waals surface area (Å²) in [5, 5.41) is 3.52. The van der Waals surface area contributed by atoms with E-state index in [2.05, 4.69) is 59.2 Å². The Morgan fingerprint density at radius 1 is 1.32 bits per heavy atom. The Morgan fingerprint density at radius 3 is 2.95 bits per heavy atom. The van der Waals surface area contributed by atoms with Crippen LogP contribution in [0.25, 0.3) is 0 Å². The van der Waals surface area contributed by atoms with Crippen LogP contribution >= 0.6 is 11.8 Å². The molecule has 1 aliphatic rings. The fraction of sp³-hybridized carbons (Fsp3) is 0.625. The van der Waals surface area contributed by atoms with Crippen LogP contribution in [-0.4, -0.2) is 42.9 Å². The maximum atomic E-state index is 3.52. The normalized spacial score (nSPS) is 20.6. The van der Waals surface area contributed by atoms with E-state index in [-0.39, 0.29) is 0 Å². The summed E-state index contributed by atoms with van der Waals surface area (Å²) in [6.07, 6.45) is 2.62. The standard InChI is InChI=1S/C16H26N2S/c1-2-6-16-13-17-9-10-18(16)11-12-19-14-15-7-4-3-5-8-15/h3-5,7-8,16-17H,2,6,9-14H2,1H3. The van der Waals surface area contributed by atoms with Crippen LogP contribution in [0.4, 0.5) is 0 Å². The van der Waals surface area contributed by atoms with E-state index in [9.17, 15) is 0 Å². The van der Waals surface area contributed by atoms with Crippen LogP contribution in [-0.2, 0) is 5.75 Å². The van der Waals surface area contributed by atoms with Gasteiger partial charge in [-0.25, -0.2) is 0 Å². The van der Waals surface area contributed by atoms with Crippen LogP contribution in [0.1, 0.15) is 25.3 Å². The molecule has 1 aliphatic heterocycles. The summed E-state index contributed by atoms with van der Waals surface area (Å²) < 4.78 is 0. The summed E-state index contributed by atoms with van der Waals surface area (Å²) in [5.41, 5.74) is 1.44. The van der Waals surface area contributed by atoms with Gasteiger partial charge in [-0.15, -0.1) is 0 Å². The molecule has 3 heteroatoms. The Balaban J connectivity index is 1.66. The first-order valence-electron chi connectivity index (χ1n) is 7.46. The molecule has 0 amide bonds. The number of nitrogens with one attached hydrogen (secondary N) is 1. The maximum absolute atomic E-state index is 3.52. The first-order chi connectivity index (χ1) is 9.40. The molecule has 0 saturated carbocycles. The van der Waals surface area contributed by atoms with E-state index in [0.29, 0.717) is 0 Å². The zero-order valence-electron chi connectivity index (χ0n) is 12.0. The van der Waals surface area contributed by atoms with Gasteiger partial charge in [0.2, 0.25) is 0 Å². The molecule has 0 spiro atoms. The minimum atomic E-state index is 0.760. The first kappa shape index (κ1) is 14.9. The Morgan fingerprint density at radius 2 is 2.16 bits per heavy atom. The van der Waals surface area contributed by atoms with Gasteiger partial charge in [0.15, 0.2) is 0 Å². The van der Waals surface area contributed by atoms with Crippen molar-refractivity contribution in [2.45, 2.75) is 31.6 Å². The molecule has 0 radical (unpaired) electrons. The highest BCUT2D eigenvalue weighted by Crippen LogP contribution is 2.14. The largest absolute Gasteiger partial charge is 0.314 e. The van der Waals surface area contributed by atoms with Crippen molar-refractivity contribution in [2.24, 2.45) is 0 Å². The summed E-state index contributed by atoms with van der Waals surface area (Å²) in [4.78, 5) is 2.68. The molecule has 1 atom stereocenters. The number of hydrogen-bond donors (Lipinski definition) is 1. The second-order valence-electron chi connectivity index (χ2n) is 5.22. The lowest BCUT2D eigenvalue weighted by Crippen LogP contribution is -2.51. The Hall–Kier alpha value is -0.510. The molecule has 1 aromatic rings. The van der Waals surface area contributed by atoms with Crippen molar-refractivity contribution in [2.75, 3.05) is 31.9 Å². The van der Waals surface area contributed by atoms with Crippen LogP contribution in [0.5, 0.6) is 0 Å². The van der Waals surface area contributed by atoms with Gasteiger partial charge in [0, 0.05) is 43.7 Å². The third-order valence-electron chi connectivity index (χ3n) is 3.73. The van der Waals surface area contributed by atoms with E-state index in [1.54, 1.807) is 0 Å². The zero-order chi connectivity index (χ0) is 13.3. The molecule has 106 valence electrons. The quantitative estimate of drug-likeness (QED) is 0.772. The number of benzene rings is 1. The Bertz CT molecular complexity index is 340. The lowest BCUT2D eigenvalue weighted by Gasteiger charge is -2.36. The van der Waals surface area contributed by atoms with Gasteiger partial charge < -0.3 is 5.32 Å². The number of nitrogens with zero attached hydrogens (tertiary/aromatic N) is 1. The van der Waals surface area contributed by atoms with Gasteiger partial charge in [-0.05, 0) is 12.0 Å². The van der Waals surface area contributed by atoms with Crippen LogP contribution in [0.3, 0.4) is 0 Å². The van der Waals surface area contributed by atoms with Crippen LogP contribution in [0.15, 0.2) is 30.3 Å². The third-order valence-corrected chi connectivity index (χ3v) is 4.74. The van der Waals surface area contributed by atoms with Crippen molar-refractivity contribution in [1.82, 2.24) is 10.2 Å². The average Bonchev–Trinajstić information content (AvgIpc) is 2.47. The highest BCUT2D eigenvalue weighted by Gasteiger charge is 2.20. The van der Waals surface area contributed by atoms with Crippen LogP contribution in [0, 0.1) is 0 Å². The molecule has 1 fully saturated rings. The molecule has 2 nitrogen and oxygen atoms in total. The molecule has 1 aromatic carbocycles. The minimum Gasteiger partial charge on any atom is -0.314 e. The van der Waals surface area contributed by atoms with Crippen molar-refractivity contribution < 1.29 is 0 Å². The predicted molar refractivity (Wildman–Crippen MR) is 85.7 cm³/mol. The fourth-order valence-corrected chi connectivity index (χ4v) is 3.60. The lowest BCUT2D eigenvalue weighted by molar-refractivity contribution is 0.162. The molecule has 1 heterocycles. The Labute approximate surface area is 122 Å². The third kappa shape index (κ3) is 5.17. The molecule has 2 rings (SSSR count). The minimum absolute atomic E-state index is 0.760. The van der Waals surface area contributed by atoms with Crippen LogP contribution in [0.2, 0.25) is 0 Å². The SMILES string of the molecule is CCCC1CNCCN1CCSCc1ccccc1. The van der Waals surface area contributed by atoms with Crippen molar-refractivity contribution >= 4 is 11.8 Å². The van der Waals surface area contributed by atoms with E-state index < -0.39 is 0 Å². The molecular weight excluding hydrogens is 252 g/mol. The van der Waals surface area contributed by atoms with Gasteiger partial charge in [0.25, 0.3) is 0 Å². The van der Waals surface area contributed by atoms with Gasteiger partial charge >= 0.3 is 0 Å². The second-order valence-corrected chi connectivity index (χ2v) is 6.33. The second kappa shape index (κ2) is 8.62. The van der Waals surface area contributed by atoms with Gasteiger partial charge in [-0.1, -0.05) is 43.7 Å². The van der Waals surface area contributed by atoms with E-state index in [4.69, 9.17) is 0 Å². The van der Waals surface area contributed by atoms with E-state index in [0.717, 1.165) is 18.3 Å². The summed E-state index contributed by atoms with van der Waals surface area (Å²) in [6, 6.07) is 11.5. The lowest BCUT2D eigenvalue weighted by atomic mass is 10.1. The highest BCUT2D eigenvalue weighted by atomic mass is 32.2. The monoisotopic (exact) mass is 278 g/mol. The van der Waals surface area contributed by atoms with Gasteiger partial charge in [0.05, 0.1) is 0 Å². The molecule has 1 N–H and O–H groups in total. The molecule has 1 saturated heterocycles. The van der Waals surface area contributed by atoms with Crippen molar-refractivity contribution in [1.29, 1.82) is 0 Å². The summed E-state index contributed by atoms with van der Waals surface area (Å²) >= 11 is 2.06. The van der Waals surface area contributed by atoms with Gasteiger partial charge in [-0.3, -0.25) is 4.90 Å². The molecule has 0 aliphatic carbocycles. The molecule has 19 heavy (non-hydrogen) atoms. The molecular formula is C16H26N2S. The van der Waals surface area contributed by atoms with Crippen LogP contribution < -0.4 is 5.32 Å². The van der Waals surface area contributed by atoms with E-state index in [1.165, 1.54) is 43.8 Å². The number of thioether (sulfide) groups is 1. The molecule has 1 unspecified atom stereocenters. The van der Waals surface area contributed by atoms with E-state index >= 15 is 0 Å². The summed E-state index contributed by atoms with van der Waals surface area (Å²) in [7, 11) is 0. The first-order valence-corrected chi connectivity index (χ1v) is 8.62. The number of rotatable bonds is 7. The van der Waals surface area contributed by atoms with Crippen molar-refractivity contribution in [3.8, 4) is 0 Å². The zero-order valence-corrected chi connectivity index (χ0v) is 12.8. The van der Waals surface area contributed by atoms with Crippen molar-refractivity contribution in [3.63, 3.8) is 0 Å². The molecule has 0 aromatic heterocycles. The van der Waals surface area contributed by atoms with Gasteiger partial charge in [0.1, 0.15) is 0 Å². The summed E-state index contributed by atoms with van der Waals surface area (Å²) in [5.74, 6) is 2.39. The predicted octanol–water partition coefficient (Wildman–Crippen LogP) is 2.99. The fourth-order valence-electron chi connectivity index (χ4n) is 2.66. The van der Waals surface area contributed by atoms with Crippen molar-refractivity contribution in [3.05, 3.63) is 35.9 Å². The van der Waals surface area contributed by atoms with E-state index in [1.807, 2.05) is 0 Å². The highest BCUT2D eigenvalue weighted by molar-refractivity contribution is 7.98. The smallest absolute Gasteiger partial charge is 0.0221 e. The number of hydrogen-bond acceptors (Lipinski definition) is 3. The topological polar surface area (TPSA) is 15.3 Å². The molecule has 0 bridgehead atoms. The summed E-state index contributed by atoms with van der Waals surface area (Å²) in [6.45, 7) is 7.08. The maximum Gasteiger partial charge on any atom is 0.0221 e. The average molecular weight is 278 g/mol. The number of piperazine rings is 1. The Kier molecular flexibility index (Phi) is 6.75. The van der Waals surface area contributed by atoms with Gasteiger partial charge in [-0.2, -0.15) is 11.8 Å².